The molecule has 1 aromatic rings. The Morgan fingerprint density at radius 1 is 1.22 bits per heavy atom. The Hall–Kier alpha value is -1.84. The topological polar surface area (TPSA) is 66.4 Å². The predicted octanol–water partition coefficient (Wildman–Crippen LogP) is 2.16. The van der Waals surface area contributed by atoms with E-state index in [9.17, 15) is 14.7 Å². The molecule has 2 N–H and O–H groups in total. The number of nitrogens with one attached hydrogen (secondary N) is 1. The van der Waals surface area contributed by atoms with E-state index in [4.69, 9.17) is 0 Å². The van der Waals surface area contributed by atoms with Crippen molar-refractivity contribution in [2.75, 3.05) is 0 Å². The van der Waals surface area contributed by atoms with Crippen LogP contribution in [0.25, 0.3) is 0 Å². The van der Waals surface area contributed by atoms with Crippen LogP contribution >= 0.6 is 0 Å². The highest BCUT2D eigenvalue weighted by Crippen LogP contribution is 2.20. The summed E-state index contributed by atoms with van der Waals surface area (Å²) in [5.41, 5.74) is 0.297. The lowest BCUT2D eigenvalue weighted by Gasteiger charge is -2.22. The van der Waals surface area contributed by atoms with Crippen molar-refractivity contribution in [2.45, 2.75) is 38.6 Å². The van der Waals surface area contributed by atoms with E-state index in [1.165, 1.54) is 0 Å². The van der Waals surface area contributed by atoms with Crippen molar-refractivity contribution < 1.29 is 14.7 Å². The monoisotopic (exact) mass is 249 g/mol. The molecule has 0 bridgehead atoms. The maximum atomic E-state index is 11.8. The highest BCUT2D eigenvalue weighted by molar-refractivity contribution is 5.86. The third-order valence-corrected chi connectivity index (χ3v) is 2.40. The van der Waals surface area contributed by atoms with Crippen LogP contribution in [0.3, 0.4) is 0 Å². The van der Waals surface area contributed by atoms with Gasteiger partial charge in [0, 0.05) is 12.0 Å². The van der Waals surface area contributed by atoms with E-state index < -0.39 is 11.9 Å². The SMILES string of the molecule is CC(C)(C)NC(=O)C[C@@H](C(=O)O)c1ccccc1. The molecule has 0 saturated heterocycles. The van der Waals surface area contributed by atoms with Gasteiger partial charge in [-0.3, -0.25) is 9.59 Å². The summed E-state index contributed by atoms with van der Waals surface area (Å²) in [5.74, 6) is -2.03. The molecule has 0 saturated carbocycles. The van der Waals surface area contributed by atoms with E-state index in [2.05, 4.69) is 5.32 Å². The molecule has 0 unspecified atom stereocenters. The summed E-state index contributed by atoms with van der Waals surface area (Å²) >= 11 is 0. The zero-order valence-electron chi connectivity index (χ0n) is 10.9. The first kappa shape index (κ1) is 14.2. The van der Waals surface area contributed by atoms with Crippen molar-refractivity contribution in [2.24, 2.45) is 0 Å². The maximum absolute atomic E-state index is 11.8. The molecular formula is C14H19NO3. The number of carbonyl (C=O) groups excluding carboxylic acids is 1. The fourth-order valence-corrected chi connectivity index (χ4v) is 1.69. The molecule has 0 heterocycles. The van der Waals surface area contributed by atoms with Gasteiger partial charge in [-0.05, 0) is 26.3 Å². The summed E-state index contributed by atoms with van der Waals surface area (Å²) < 4.78 is 0. The van der Waals surface area contributed by atoms with Crippen molar-refractivity contribution in [3.05, 3.63) is 35.9 Å². The van der Waals surface area contributed by atoms with Gasteiger partial charge in [-0.15, -0.1) is 0 Å². The lowest BCUT2D eigenvalue weighted by Crippen LogP contribution is -2.41. The zero-order chi connectivity index (χ0) is 13.8. The van der Waals surface area contributed by atoms with Gasteiger partial charge in [0.25, 0.3) is 0 Å². The quantitative estimate of drug-likeness (QED) is 0.859. The number of amides is 1. The molecule has 1 rings (SSSR count). The largest absolute Gasteiger partial charge is 0.481 e. The molecule has 0 radical (unpaired) electrons. The molecule has 0 fully saturated rings. The molecule has 1 amide bonds. The van der Waals surface area contributed by atoms with E-state index in [0.717, 1.165) is 0 Å². The molecule has 0 spiro atoms. The Morgan fingerprint density at radius 3 is 2.22 bits per heavy atom. The first-order valence-electron chi connectivity index (χ1n) is 5.88. The number of hydrogen-bond acceptors (Lipinski definition) is 2. The number of carboxylic acid groups (broad SMARTS) is 1. The number of carboxylic acids is 1. The summed E-state index contributed by atoms with van der Waals surface area (Å²) in [5, 5.41) is 12.0. The highest BCUT2D eigenvalue weighted by atomic mass is 16.4. The fourth-order valence-electron chi connectivity index (χ4n) is 1.69. The molecule has 1 atom stereocenters. The van der Waals surface area contributed by atoms with Crippen molar-refractivity contribution >= 4 is 11.9 Å². The predicted molar refractivity (Wildman–Crippen MR) is 69.3 cm³/mol. The van der Waals surface area contributed by atoms with E-state index in [0.29, 0.717) is 5.56 Å². The molecule has 98 valence electrons. The number of rotatable bonds is 4. The van der Waals surface area contributed by atoms with Gasteiger partial charge in [0.2, 0.25) is 5.91 Å². The number of carbonyl (C=O) groups is 2. The van der Waals surface area contributed by atoms with Crippen LogP contribution in [0.1, 0.15) is 38.7 Å². The van der Waals surface area contributed by atoms with Gasteiger partial charge < -0.3 is 10.4 Å². The van der Waals surface area contributed by atoms with Crippen LogP contribution in [0.2, 0.25) is 0 Å². The van der Waals surface area contributed by atoms with Crippen LogP contribution in [-0.2, 0) is 9.59 Å². The Labute approximate surface area is 107 Å². The van der Waals surface area contributed by atoms with E-state index in [1.807, 2.05) is 26.8 Å². The summed E-state index contributed by atoms with van der Waals surface area (Å²) in [6.07, 6.45) is -0.0450. The minimum Gasteiger partial charge on any atom is -0.481 e. The Bertz CT molecular complexity index is 420. The second-order valence-electron chi connectivity index (χ2n) is 5.30. The van der Waals surface area contributed by atoms with Gasteiger partial charge in [-0.25, -0.2) is 0 Å². The van der Waals surface area contributed by atoms with Gasteiger partial charge in [0.1, 0.15) is 0 Å². The van der Waals surface area contributed by atoms with Crippen LogP contribution < -0.4 is 5.32 Å². The molecule has 18 heavy (non-hydrogen) atoms. The molecule has 4 nitrogen and oxygen atoms in total. The van der Waals surface area contributed by atoms with Gasteiger partial charge in [-0.2, -0.15) is 0 Å². The van der Waals surface area contributed by atoms with Crippen molar-refractivity contribution in [1.29, 1.82) is 0 Å². The first-order valence-corrected chi connectivity index (χ1v) is 5.88. The third-order valence-electron chi connectivity index (χ3n) is 2.40. The number of aliphatic carboxylic acids is 1. The standard InChI is InChI=1S/C14H19NO3/c1-14(2,3)15-12(16)9-11(13(17)18)10-7-5-4-6-8-10/h4-8,11H,9H2,1-3H3,(H,15,16)(H,17,18)/t11-/m1/s1. The van der Waals surface area contributed by atoms with Gasteiger partial charge >= 0.3 is 5.97 Å². The maximum Gasteiger partial charge on any atom is 0.311 e. The van der Waals surface area contributed by atoms with Crippen LogP contribution in [0, 0.1) is 0 Å². The van der Waals surface area contributed by atoms with Crippen LogP contribution in [0.4, 0.5) is 0 Å². The Balaban J connectivity index is 2.77. The average molecular weight is 249 g/mol. The summed E-state index contributed by atoms with van der Waals surface area (Å²) in [4.78, 5) is 23.0. The molecule has 0 aromatic heterocycles. The molecule has 1 aromatic carbocycles. The summed E-state index contributed by atoms with van der Waals surface area (Å²) in [6, 6.07) is 8.81. The summed E-state index contributed by atoms with van der Waals surface area (Å²) in [6.45, 7) is 5.59. The average Bonchev–Trinajstić information content (AvgIpc) is 2.24. The molecule has 4 heteroatoms. The molecule has 0 aliphatic rings. The first-order chi connectivity index (χ1) is 8.29. The lowest BCUT2D eigenvalue weighted by molar-refractivity contribution is -0.141. The Morgan fingerprint density at radius 2 is 1.78 bits per heavy atom. The second kappa shape index (κ2) is 5.67. The van der Waals surface area contributed by atoms with Gasteiger partial charge in [-0.1, -0.05) is 30.3 Å². The van der Waals surface area contributed by atoms with Crippen molar-refractivity contribution in [1.82, 2.24) is 5.32 Å². The number of hydrogen-bond donors (Lipinski definition) is 2. The van der Waals surface area contributed by atoms with E-state index in [1.54, 1.807) is 24.3 Å². The van der Waals surface area contributed by atoms with Crippen LogP contribution in [-0.4, -0.2) is 22.5 Å². The summed E-state index contributed by atoms with van der Waals surface area (Å²) in [7, 11) is 0. The van der Waals surface area contributed by atoms with Crippen molar-refractivity contribution in [3.63, 3.8) is 0 Å². The highest BCUT2D eigenvalue weighted by Gasteiger charge is 2.24. The molecular weight excluding hydrogens is 230 g/mol. The molecule has 0 aliphatic carbocycles. The fraction of sp³-hybridized carbons (Fsp3) is 0.429. The van der Waals surface area contributed by atoms with Crippen LogP contribution in [0.15, 0.2) is 30.3 Å². The third kappa shape index (κ3) is 4.57. The minimum atomic E-state index is -0.981. The van der Waals surface area contributed by atoms with E-state index >= 15 is 0 Å². The number of benzene rings is 1. The normalized spacial score (nSPS) is 12.8. The minimum absolute atomic E-state index is 0.0450. The molecule has 0 aliphatic heterocycles. The van der Waals surface area contributed by atoms with Crippen molar-refractivity contribution in [3.8, 4) is 0 Å². The Kier molecular flexibility index (Phi) is 4.48. The van der Waals surface area contributed by atoms with Gasteiger partial charge in [0.15, 0.2) is 0 Å². The smallest absolute Gasteiger partial charge is 0.311 e. The zero-order valence-corrected chi connectivity index (χ0v) is 10.9. The van der Waals surface area contributed by atoms with E-state index in [-0.39, 0.29) is 17.9 Å². The second-order valence-corrected chi connectivity index (χ2v) is 5.30. The van der Waals surface area contributed by atoms with Gasteiger partial charge in [0.05, 0.1) is 5.92 Å². The lowest BCUT2D eigenvalue weighted by atomic mass is 9.95. The van der Waals surface area contributed by atoms with Crippen LogP contribution in [0.5, 0.6) is 0 Å².